The van der Waals surface area contributed by atoms with Gasteiger partial charge >= 0.3 is 17.9 Å². The molecule has 3 aromatic carbocycles. The smallest absolute Gasteiger partial charge is 0.342 e. The van der Waals surface area contributed by atoms with Crippen molar-refractivity contribution in [2.45, 2.75) is 91.9 Å². The van der Waals surface area contributed by atoms with Crippen LogP contribution >= 0.6 is 0 Å². The third kappa shape index (κ3) is 11.4. The van der Waals surface area contributed by atoms with E-state index in [4.69, 9.17) is 55.1 Å². The highest BCUT2D eigenvalue weighted by Gasteiger charge is 2.56. The van der Waals surface area contributed by atoms with Crippen LogP contribution in [0.25, 0.3) is 0 Å². The van der Waals surface area contributed by atoms with E-state index in [1.54, 1.807) is 21.1 Å². The first-order valence-corrected chi connectivity index (χ1v) is 21.2. The normalized spacial score (nSPS) is 32.0. The van der Waals surface area contributed by atoms with Crippen LogP contribution in [0.1, 0.15) is 31.1 Å². The molecular weight excluding hydrogens is 892 g/mol. The van der Waals surface area contributed by atoms with Crippen molar-refractivity contribution in [1.82, 2.24) is 0 Å². The quantitative estimate of drug-likeness (QED) is 0.0275. The first-order valence-electron chi connectivity index (χ1n) is 21.2. The van der Waals surface area contributed by atoms with Crippen LogP contribution in [0.15, 0.2) is 54.6 Å². The summed E-state index contributed by atoms with van der Waals surface area (Å²) in [6.07, 6.45) is -18.4. The summed E-state index contributed by atoms with van der Waals surface area (Å²) in [4.78, 5) is 39.4. The molecule has 3 heterocycles. The molecule has 0 spiro atoms. The van der Waals surface area contributed by atoms with E-state index in [2.05, 4.69) is 0 Å². The maximum atomic E-state index is 13.4. The van der Waals surface area contributed by atoms with Gasteiger partial charge in [-0.3, -0.25) is 0 Å². The van der Waals surface area contributed by atoms with Crippen LogP contribution in [0.2, 0.25) is 0 Å². The largest absolute Gasteiger partial charge is 0.507 e. The zero-order valence-electron chi connectivity index (χ0n) is 36.5. The lowest BCUT2D eigenvalue weighted by Gasteiger charge is -2.47. The second-order valence-corrected chi connectivity index (χ2v) is 16.2. The van der Waals surface area contributed by atoms with E-state index in [0.29, 0.717) is 0 Å². The highest BCUT2D eigenvalue weighted by atomic mass is 16.7. The highest BCUT2D eigenvalue weighted by Crippen LogP contribution is 2.33. The molecule has 3 aliphatic heterocycles. The minimum Gasteiger partial charge on any atom is -0.507 e. The summed E-state index contributed by atoms with van der Waals surface area (Å²) in [5.74, 6) is -4.44. The molecule has 6 rings (SSSR count). The Morgan fingerprint density at radius 1 is 0.507 bits per heavy atom. The molecule has 15 atom stereocenters. The summed E-state index contributed by atoms with van der Waals surface area (Å²) in [7, 11) is 4.65. The third-order valence-electron chi connectivity index (χ3n) is 11.8. The Bertz CT molecular complexity index is 2210. The Morgan fingerprint density at radius 3 is 1.25 bits per heavy atom. The first kappa shape index (κ1) is 50.8. The van der Waals surface area contributed by atoms with Crippen LogP contribution in [0, 0.1) is 0 Å². The number of benzene rings is 3. The van der Waals surface area contributed by atoms with E-state index in [1.807, 2.05) is 0 Å². The zero-order valence-corrected chi connectivity index (χ0v) is 36.5. The summed E-state index contributed by atoms with van der Waals surface area (Å²) in [6, 6.07) is 7.87. The zero-order chi connectivity index (χ0) is 48.9. The number of carbonyl (C=O) groups is 3. The summed E-state index contributed by atoms with van der Waals surface area (Å²) >= 11 is 0. The Labute approximate surface area is 382 Å². The van der Waals surface area contributed by atoms with Gasteiger partial charge in [-0.1, -0.05) is 0 Å². The molecule has 3 aromatic rings. The molecule has 3 fully saturated rings. The van der Waals surface area contributed by atoms with Crippen molar-refractivity contribution in [3.63, 3.8) is 0 Å². The van der Waals surface area contributed by atoms with E-state index < -0.39 is 147 Å². The van der Waals surface area contributed by atoms with Gasteiger partial charge < -0.3 is 112 Å². The number of anilines is 3. The fourth-order valence-electron chi connectivity index (χ4n) is 8.07. The SMILES string of the molecule is C[NH2+]C1[C@H](O[C@H]2C(COC(=O)c3cc(N)ccc3O)O[C@@H](O[C@H]3C(COC(=O)c4cc(N)ccc4O)O[C@@H](O)C([NH2+]C)[C@H]3O)C([NH2+]C)[C@H]2O)OC(COC(=O)c2cc(N)ccc2O)[C@H](O)[C@@H]1O. The molecule has 0 aromatic heterocycles. The molecule has 25 nitrogen and oxygen atoms in total. The monoisotopic (exact) mass is 951 g/mol. The van der Waals surface area contributed by atoms with Gasteiger partial charge in [-0.15, -0.1) is 0 Å². The molecule has 0 amide bonds. The van der Waals surface area contributed by atoms with Gasteiger partial charge in [-0.05, 0) is 54.6 Å². The van der Waals surface area contributed by atoms with Crippen LogP contribution in [0.4, 0.5) is 17.1 Å². The average Bonchev–Trinajstić information content (AvgIpc) is 3.29. The number of nitrogens with two attached hydrogens (primary N) is 6. The summed E-state index contributed by atoms with van der Waals surface area (Å²) in [6.45, 7) is -2.02. The number of rotatable bonds is 16. The second-order valence-electron chi connectivity index (χ2n) is 16.2. The van der Waals surface area contributed by atoms with Crippen molar-refractivity contribution in [2.24, 2.45) is 0 Å². The van der Waals surface area contributed by atoms with Crippen molar-refractivity contribution in [3.8, 4) is 17.2 Å². The van der Waals surface area contributed by atoms with Gasteiger partial charge in [0.25, 0.3) is 0 Å². The number of ether oxygens (including phenoxy) is 8. The predicted octanol–water partition coefficient (Wildman–Crippen LogP) is -6.51. The van der Waals surface area contributed by atoms with Crippen molar-refractivity contribution >= 4 is 35.0 Å². The number of hydrogen-bond acceptors (Lipinski definition) is 22. The van der Waals surface area contributed by atoms with E-state index in [9.17, 15) is 55.2 Å². The lowest BCUT2D eigenvalue weighted by atomic mass is 9.94. The minimum atomic E-state index is -1.65. The molecule has 368 valence electrons. The lowest BCUT2D eigenvalue weighted by molar-refractivity contribution is -0.706. The standard InChI is InChI=1S/C42H56N6O19/c1-46-28-33(54)35(26(63-40(28)59)14-61-38(57)20-11-17(44)5-8-23(20)50)66-42-30(48-3)34(55)36(27(65-42)15-62-39(58)21-12-18(45)6-9-24(21)51)67-41-29(47-2)32(53)31(52)25(64-41)13-60-37(56)19-10-16(43)4-7-22(19)49/h4-12,25-36,40-42,46-55,59H,13-15,43-45H2,1-3H3/p+3/t25?,26?,27?,28?,29?,30?,31-,32+,33+,34+,35-,36-,40+,41-,42-/m0/s1. The summed E-state index contributed by atoms with van der Waals surface area (Å²) in [5, 5.41) is 92.3. The molecule has 3 saturated heterocycles. The van der Waals surface area contributed by atoms with Crippen LogP contribution < -0.4 is 33.2 Å². The van der Waals surface area contributed by atoms with Gasteiger partial charge in [0, 0.05) is 17.1 Å². The molecule has 0 aliphatic carbocycles. The van der Waals surface area contributed by atoms with Gasteiger partial charge in [0.2, 0.25) is 18.9 Å². The van der Waals surface area contributed by atoms with Crippen LogP contribution in [0.3, 0.4) is 0 Å². The molecule has 6 unspecified atom stereocenters. The number of aliphatic hydroxyl groups is 5. The Balaban J connectivity index is 1.27. The van der Waals surface area contributed by atoms with Crippen molar-refractivity contribution in [1.29, 1.82) is 0 Å². The predicted molar refractivity (Wildman–Crippen MR) is 225 cm³/mol. The summed E-state index contributed by atoms with van der Waals surface area (Å²) in [5.41, 5.74) is 17.0. The number of nitrogen functional groups attached to an aromatic ring is 3. The Kier molecular flexibility index (Phi) is 16.6. The molecule has 0 radical (unpaired) electrons. The highest BCUT2D eigenvalue weighted by molar-refractivity contribution is 5.94. The number of phenolic OH excluding ortho intramolecular Hbond substituents is 3. The van der Waals surface area contributed by atoms with E-state index >= 15 is 0 Å². The summed E-state index contributed by atoms with van der Waals surface area (Å²) < 4.78 is 47.3. The van der Waals surface area contributed by atoms with E-state index in [-0.39, 0.29) is 33.8 Å². The topological polar surface area (TPSA) is 415 Å². The number of quaternary nitrogens is 3. The number of esters is 3. The molecule has 0 saturated carbocycles. The molecule has 25 heteroatoms. The Hall–Kier alpha value is -5.65. The Morgan fingerprint density at radius 2 is 0.851 bits per heavy atom. The maximum absolute atomic E-state index is 13.4. The fraction of sp³-hybridized carbons (Fsp3) is 0.500. The fourth-order valence-corrected chi connectivity index (χ4v) is 8.07. The number of hydrogen-bond donors (Lipinski definition) is 14. The average molecular weight is 952 g/mol. The third-order valence-corrected chi connectivity index (χ3v) is 11.8. The molecular formula is C42H59N6O19+3. The molecule has 3 aliphatic rings. The van der Waals surface area contributed by atoms with Crippen LogP contribution in [-0.4, -0.2) is 192 Å². The molecule has 67 heavy (non-hydrogen) atoms. The lowest BCUT2D eigenvalue weighted by Crippen LogP contribution is -2.96. The number of carbonyl (C=O) groups excluding carboxylic acids is 3. The number of phenols is 3. The van der Waals surface area contributed by atoms with E-state index in [1.165, 1.54) is 70.5 Å². The molecule has 0 bridgehead atoms. The van der Waals surface area contributed by atoms with Gasteiger partial charge in [-0.2, -0.15) is 0 Å². The van der Waals surface area contributed by atoms with Crippen molar-refractivity contribution < 1.29 is 109 Å². The van der Waals surface area contributed by atoms with E-state index in [0.717, 1.165) is 0 Å². The van der Waals surface area contributed by atoms with Gasteiger partial charge in [0.15, 0.2) is 18.1 Å². The maximum Gasteiger partial charge on any atom is 0.342 e. The first-order chi connectivity index (χ1) is 31.9. The van der Waals surface area contributed by atoms with Crippen LogP contribution in [0.5, 0.6) is 17.2 Å². The molecule has 20 N–H and O–H groups in total. The van der Waals surface area contributed by atoms with Gasteiger partial charge in [-0.25, -0.2) is 14.4 Å². The number of likely N-dealkylation sites (N-methyl/N-ethyl adjacent to an activating group) is 3. The number of aromatic hydroxyl groups is 3. The van der Waals surface area contributed by atoms with Crippen molar-refractivity contribution in [3.05, 3.63) is 71.3 Å². The number of aliphatic hydroxyl groups excluding tert-OH is 5. The van der Waals surface area contributed by atoms with Crippen LogP contribution in [-0.2, 0) is 37.9 Å². The van der Waals surface area contributed by atoms with Crippen molar-refractivity contribution in [2.75, 3.05) is 58.2 Å². The second kappa shape index (κ2) is 22.0. The van der Waals surface area contributed by atoms with Gasteiger partial charge in [0.1, 0.15) is 109 Å². The van der Waals surface area contributed by atoms with Gasteiger partial charge in [0.05, 0.1) is 21.1 Å². The minimum absolute atomic E-state index is 0.123.